The fourth-order valence-corrected chi connectivity index (χ4v) is 0.806. The molecule has 0 saturated heterocycles. The van der Waals surface area contributed by atoms with E-state index < -0.39 is 0 Å². The molecular formula is C8H14N2O. The van der Waals surface area contributed by atoms with Gasteiger partial charge in [-0.1, -0.05) is 6.92 Å². The first-order valence-corrected chi connectivity index (χ1v) is 3.80. The molecule has 0 unspecified atom stereocenters. The fourth-order valence-electron chi connectivity index (χ4n) is 0.806. The maximum absolute atomic E-state index is 9.03. The summed E-state index contributed by atoms with van der Waals surface area (Å²) < 4.78 is 1.78. The highest BCUT2D eigenvalue weighted by Gasteiger charge is 2.17. The van der Waals surface area contributed by atoms with Crippen LogP contribution in [0.4, 0.5) is 0 Å². The average Bonchev–Trinajstić information content (AvgIpc) is 2.36. The van der Waals surface area contributed by atoms with E-state index in [1.165, 1.54) is 6.20 Å². The van der Waals surface area contributed by atoms with Crippen molar-refractivity contribution >= 4 is 0 Å². The molecule has 1 heterocycles. The summed E-state index contributed by atoms with van der Waals surface area (Å²) in [7, 11) is 0. The first-order chi connectivity index (χ1) is 5.06. The van der Waals surface area contributed by atoms with E-state index in [4.69, 9.17) is 5.11 Å². The highest BCUT2D eigenvalue weighted by atomic mass is 16.3. The zero-order valence-corrected chi connectivity index (χ0v) is 7.20. The molecule has 1 rings (SSSR count). The zero-order chi connectivity index (χ0) is 8.48. The third-order valence-corrected chi connectivity index (χ3v) is 2.05. The lowest BCUT2D eigenvalue weighted by Crippen LogP contribution is -2.25. The van der Waals surface area contributed by atoms with Gasteiger partial charge in [0.2, 0.25) is 0 Å². The van der Waals surface area contributed by atoms with Crippen LogP contribution in [0.2, 0.25) is 0 Å². The molecule has 0 radical (unpaired) electrons. The first-order valence-electron chi connectivity index (χ1n) is 3.80. The molecule has 11 heavy (non-hydrogen) atoms. The molecule has 62 valence electrons. The summed E-state index contributed by atoms with van der Waals surface area (Å²) in [5.74, 6) is 0.228. The van der Waals surface area contributed by atoms with Crippen LogP contribution >= 0.6 is 0 Å². The largest absolute Gasteiger partial charge is 0.505 e. The minimum absolute atomic E-state index is 0.000972. The van der Waals surface area contributed by atoms with E-state index in [0.717, 1.165) is 6.42 Å². The SMILES string of the molecule is CCC(C)(C)n1cc(O)cn1. The predicted octanol–water partition coefficient (Wildman–Crippen LogP) is 1.73. The Kier molecular flexibility index (Phi) is 1.89. The minimum atomic E-state index is 0.000972. The molecule has 0 aliphatic rings. The third-order valence-electron chi connectivity index (χ3n) is 2.05. The molecule has 0 fully saturated rings. The predicted molar refractivity (Wildman–Crippen MR) is 43.5 cm³/mol. The Morgan fingerprint density at radius 3 is 2.64 bits per heavy atom. The van der Waals surface area contributed by atoms with Gasteiger partial charge in [-0.25, -0.2) is 0 Å². The molecule has 1 N–H and O–H groups in total. The van der Waals surface area contributed by atoms with Gasteiger partial charge >= 0.3 is 0 Å². The van der Waals surface area contributed by atoms with Crippen LogP contribution < -0.4 is 0 Å². The zero-order valence-electron chi connectivity index (χ0n) is 7.20. The van der Waals surface area contributed by atoms with E-state index in [1.807, 2.05) is 0 Å². The van der Waals surface area contributed by atoms with Gasteiger partial charge in [0.15, 0.2) is 5.75 Å². The van der Waals surface area contributed by atoms with E-state index in [0.29, 0.717) is 0 Å². The van der Waals surface area contributed by atoms with Gasteiger partial charge in [0.1, 0.15) is 0 Å². The van der Waals surface area contributed by atoms with Gasteiger partial charge in [0, 0.05) is 0 Å². The van der Waals surface area contributed by atoms with Crippen LogP contribution in [0.3, 0.4) is 0 Å². The number of rotatable bonds is 2. The Labute approximate surface area is 66.7 Å². The summed E-state index contributed by atoms with van der Waals surface area (Å²) in [6, 6.07) is 0. The second-order valence-electron chi connectivity index (χ2n) is 3.31. The second-order valence-corrected chi connectivity index (χ2v) is 3.31. The number of aromatic nitrogens is 2. The average molecular weight is 154 g/mol. The van der Waals surface area contributed by atoms with Gasteiger partial charge in [-0.3, -0.25) is 4.68 Å². The van der Waals surface area contributed by atoms with Crippen molar-refractivity contribution < 1.29 is 5.11 Å². The number of hydrogen-bond donors (Lipinski definition) is 1. The lowest BCUT2D eigenvalue weighted by atomic mass is 10.0. The molecule has 0 aliphatic carbocycles. The monoisotopic (exact) mass is 154 g/mol. The van der Waals surface area contributed by atoms with Gasteiger partial charge < -0.3 is 5.11 Å². The topological polar surface area (TPSA) is 38.0 Å². The Bertz CT molecular complexity index is 240. The first kappa shape index (κ1) is 8.11. The molecule has 1 aromatic heterocycles. The van der Waals surface area contributed by atoms with E-state index >= 15 is 0 Å². The van der Waals surface area contributed by atoms with Crippen molar-refractivity contribution in [2.75, 3.05) is 0 Å². The van der Waals surface area contributed by atoms with Crippen LogP contribution in [0.1, 0.15) is 27.2 Å². The van der Waals surface area contributed by atoms with Crippen LogP contribution in [0.5, 0.6) is 5.75 Å². The Balaban J connectivity index is 2.92. The van der Waals surface area contributed by atoms with Crippen molar-refractivity contribution in [2.24, 2.45) is 0 Å². The highest BCUT2D eigenvalue weighted by Crippen LogP contribution is 2.20. The Morgan fingerprint density at radius 2 is 2.27 bits per heavy atom. The van der Waals surface area contributed by atoms with Crippen LogP contribution in [0.15, 0.2) is 12.4 Å². The molecule has 0 amide bonds. The summed E-state index contributed by atoms with van der Waals surface area (Å²) in [6.45, 7) is 6.26. The molecule has 0 aliphatic heterocycles. The molecule has 1 aromatic rings. The standard InChI is InChI=1S/C8H14N2O/c1-4-8(2,3)10-6-7(11)5-9-10/h5-6,11H,4H2,1-3H3. The molecule has 0 saturated carbocycles. The van der Waals surface area contributed by atoms with E-state index in [-0.39, 0.29) is 11.3 Å². The smallest absolute Gasteiger partial charge is 0.153 e. The van der Waals surface area contributed by atoms with Gasteiger partial charge in [0.05, 0.1) is 17.9 Å². The van der Waals surface area contributed by atoms with Gasteiger partial charge in [0.25, 0.3) is 0 Å². The normalized spacial score (nSPS) is 11.9. The maximum atomic E-state index is 9.03. The van der Waals surface area contributed by atoms with Crippen molar-refractivity contribution in [3.8, 4) is 5.75 Å². The van der Waals surface area contributed by atoms with E-state index in [1.54, 1.807) is 10.9 Å². The molecule has 3 heteroatoms. The quantitative estimate of drug-likeness (QED) is 0.704. The van der Waals surface area contributed by atoms with Crippen molar-refractivity contribution in [3.63, 3.8) is 0 Å². The molecular weight excluding hydrogens is 140 g/mol. The molecule has 3 nitrogen and oxygen atoms in total. The van der Waals surface area contributed by atoms with Crippen molar-refractivity contribution in [3.05, 3.63) is 12.4 Å². The molecule has 0 aromatic carbocycles. The van der Waals surface area contributed by atoms with Gasteiger partial charge in [-0.2, -0.15) is 5.10 Å². The summed E-state index contributed by atoms with van der Waals surface area (Å²) in [5.41, 5.74) is 0.000972. The van der Waals surface area contributed by atoms with E-state index in [9.17, 15) is 0 Å². The van der Waals surface area contributed by atoms with Crippen LogP contribution in [0.25, 0.3) is 0 Å². The van der Waals surface area contributed by atoms with Crippen LogP contribution in [0, 0.1) is 0 Å². The second kappa shape index (κ2) is 2.57. The van der Waals surface area contributed by atoms with Crippen molar-refractivity contribution in [1.29, 1.82) is 0 Å². The van der Waals surface area contributed by atoms with Crippen LogP contribution in [-0.4, -0.2) is 14.9 Å². The lowest BCUT2D eigenvalue weighted by molar-refractivity contribution is 0.306. The Morgan fingerprint density at radius 1 is 1.64 bits per heavy atom. The minimum Gasteiger partial charge on any atom is -0.505 e. The Hall–Kier alpha value is -0.990. The summed E-state index contributed by atoms with van der Waals surface area (Å²) in [6.07, 6.45) is 4.09. The molecule has 0 atom stereocenters. The summed E-state index contributed by atoms with van der Waals surface area (Å²) in [5, 5.41) is 13.1. The summed E-state index contributed by atoms with van der Waals surface area (Å²) in [4.78, 5) is 0. The van der Waals surface area contributed by atoms with Crippen molar-refractivity contribution in [1.82, 2.24) is 9.78 Å². The van der Waals surface area contributed by atoms with Crippen molar-refractivity contribution in [2.45, 2.75) is 32.7 Å². The number of hydrogen-bond acceptors (Lipinski definition) is 2. The molecule has 0 spiro atoms. The third kappa shape index (κ3) is 1.53. The summed E-state index contributed by atoms with van der Waals surface area (Å²) >= 11 is 0. The van der Waals surface area contributed by atoms with Gasteiger partial charge in [-0.15, -0.1) is 0 Å². The number of aromatic hydroxyl groups is 1. The molecule has 0 bridgehead atoms. The lowest BCUT2D eigenvalue weighted by Gasteiger charge is -2.22. The van der Waals surface area contributed by atoms with Crippen LogP contribution in [-0.2, 0) is 5.54 Å². The fraction of sp³-hybridized carbons (Fsp3) is 0.625. The highest BCUT2D eigenvalue weighted by molar-refractivity contribution is 5.09. The van der Waals surface area contributed by atoms with Gasteiger partial charge in [-0.05, 0) is 20.3 Å². The number of nitrogens with zero attached hydrogens (tertiary/aromatic N) is 2. The maximum Gasteiger partial charge on any atom is 0.153 e. The van der Waals surface area contributed by atoms with E-state index in [2.05, 4.69) is 25.9 Å².